The van der Waals surface area contributed by atoms with Gasteiger partial charge in [-0.15, -0.1) is 11.3 Å². The molecule has 0 bridgehead atoms. The molecule has 1 aromatic heterocycles. The molecule has 37 heavy (non-hydrogen) atoms. The van der Waals surface area contributed by atoms with Gasteiger partial charge in [0, 0.05) is 37.7 Å². The average molecular weight is 542 g/mol. The number of carbonyl (C=O) groups excluding carboxylic acids is 3. The van der Waals surface area contributed by atoms with E-state index in [2.05, 4.69) is 15.5 Å². The van der Waals surface area contributed by atoms with Crippen molar-refractivity contribution >= 4 is 51.9 Å². The Labute approximate surface area is 224 Å². The van der Waals surface area contributed by atoms with Crippen molar-refractivity contribution in [3.63, 3.8) is 0 Å². The topological polar surface area (TPSA) is 97.0 Å². The van der Waals surface area contributed by atoms with Gasteiger partial charge in [-0.3, -0.25) is 14.9 Å². The number of likely N-dealkylation sites (tertiary alicyclic amines) is 1. The number of thiophene rings is 1. The molecule has 8 nitrogen and oxygen atoms in total. The molecule has 0 spiro atoms. The summed E-state index contributed by atoms with van der Waals surface area (Å²) in [5.41, 5.74) is 2.72. The van der Waals surface area contributed by atoms with Crippen molar-refractivity contribution in [2.45, 2.75) is 25.4 Å². The Morgan fingerprint density at radius 2 is 1.89 bits per heavy atom. The first-order valence-corrected chi connectivity index (χ1v) is 13.2. The van der Waals surface area contributed by atoms with E-state index < -0.39 is 6.09 Å². The van der Waals surface area contributed by atoms with E-state index in [-0.39, 0.29) is 23.5 Å². The number of halogens is 1. The van der Waals surface area contributed by atoms with Crippen molar-refractivity contribution < 1.29 is 23.9 Å². The molecule has 0 aliphatic carbocycles. The van der Waals surface area contributed by atoms with Crippen molar-refractivity contribution in [3.8, 4) is 16.9 Å². The number of amides is 2. The molecular weight excluding hydrogens is 514 g/mol. The van der Waals surface area contributed by atoms with Gasteiger partial charge in [-0.1, -0.05) is 41.9 Å². The lowest BCUT2D eigenvalue weighted by Crippen LogP contribution is -2.39. The van der Waals surface area contributed by atoms with Crippen LogP contribution in [0.1, 0.15) is 29.6 Å². The second-order valence-corrected chi connectivity index (χ2v) is 9.91. The van der Waals surface area contributed by atoms with Gasteiger partial charge in [0.2, 0.25) is 5.91 Å². The Hall–Kier alpha value is -3.40. The van der Waals surface area contributed by atoms with Crippen LogP contribution in [0.15, 0.2) is 53.9 Å². The molecule has 0 atom stereocenters. The molecule has 1 aliphatic heterocycles. The quantitative estimate of drug-likeness (QED) is 0.326. The first-order valence-electron chi connectivity index (χ1n) is 11.9. The van der Waals surface area contributed by atoms with Crippen molar-refractivity contribution in [1.29, 1.82) is 0 Å². The van der Waals surface area contributed by atoms with Gasteiger partial charge in [0.15, 0.2) is 6.29 Å². The lowest BCUT2D eigenvalue weighted by Gasteiger charge is -2.31. The van der Waals surface area contributed by atoms with E-state index >= 15 is 0 Å². The fourth-order valence-electron chi connectivity index (χ4n) is 4.18. The first kappa shape index (κ1) is 26.7. The van der Waals surface area contributed by atoms with Gasteiger partial charge in [-0.05, 0) is 35.9 Å². The largest absolute Gasteiger partial charge is 0.496 e. The van der Waals surface area contributed by atoms with E-state index in [1.807, 2.05) is 41.8 Å². The molecule has 1 fully saturated rings. The number of ether oxygens (including phenoxy) is 2. The second-order valence-electron chi connectivity index (χ2n) is 8.59. The Kier molecular flexibility index (Phi) is 9.16. The lowest BCUT2D eigenvalue weighted by atomic mass is 10.1. The van der Waals surface area contributed by atoms with Crippen LogP contribution in [0.25, 0.3) is 11.1 Å². The number of anilines is 2. The third-order valence-electron chi connectivity index (χ3n) is 6.15. The molecule has 2 amide bonds. The molecule has 0 unspecified atom stereocenters. The van der Waals surface area contributed by atoms with Gasteiger partial charge in [-0.2, -0.15) is 0 Å². The summed E-state index contributed by atoms with van der Waals surface area (Å²) in [5, 5.41) is 8.63. The highest BCUT2D eigenvalue weighted by Crippen LogP contribution is 2.33. The van der Waals surface area contributed by atoms with E-state index in [0.29, 0.717) is 42.7 Å². The van der Waals surface area contributed by atoms with Crippen LogP contribution in [0.2, 0.25) is 5.02 Å². The maximum atomic E-state index is 12.5. The van der Waals surface area contributed by atoms with Crippen LogP contribution < -0.4 is 15.4 Å². The number of hydrogen-bond acceptors (Lipinski definition) is 7. The molecule has 1 aliphatic rings. The van der Waals surface area contributed by atoms with Crippen LogP contribution in [-0.4, -0.2) is 56.0 Å². The van der Waals surface area contributed by atoms with Gasteiger partial charge in [-0.25, -0.2) is 4.79 Å². The van der Waals surface area contributed by atoms with Gasteiger partial charge < -0.3 is 19.7 Å². The summed E-state index contributed by atoms with van der Waals surface area (Å²) in [6.45, 7) is 2.02. The monoisotopic (exact) mass is 541 g/mol. The van der Waals surface area contributed by atoms with Crippen LogP contribution in [0, 0.1) is 0 Å². The molecule has 0 saturated carbocycles. The van der Waals surface area contributed by atoms with E-state index in [0.717, 1.165) is 29.2 Å². The number of nitrogens with one attached hydrogen (secondary N) is 2. The summed E-state index contributed by atoms with van der Waals surface area (Å²) in [6.07, 6.45) is 1.69. The summed E-state index contributed by atoms with van der Waals surface area (Å²) < 4.78 is 10.8. The highest BCUT2D eigenvalue weighted by Gasteiger charge is 2.23. The zero-order valence-electron chi connectivity index (χ0n) is 20.4. The number of benzene rings is 2. The van der Waals surface area contributed by atoms with E-state index in [1.165, 1.54) is 30.6 Å². The van der Waals surface area contributed by atoms with Crippen molar-refractivity contribution in [2.75, 3.05) is 37.4 Å². The molecule has 2 heterocycles. The Bertz CT molecular complexity index is 1240. The third kappa shape index (κ3) is 7.09. The molecule has 3 aromatic rings. The molecule has 2 N–H and O–H groups in total. The molecular formula is C27H28ClN3O5S. The Morgan fingerprint density at radius 1 is 1.14 bits per heavy atom. The van der Waals surface area contributed by atoms with Crippen LogP contribution in [-0.2, 0) is 9.53 Å². The molecule has 1 saturated heterocycles. The summed E-state index contributed by atoms with van der Waals surface area (Å²) in [5.74, 6) is 0.155. The van der Waals surface area contributed by atoms with Crippen LogP contribution in [0.3, 0.4) is 0 Å². The van der Waals surface area contributed by atoms with E-state index in [1.54, 1.807) is 0 Å². The number of methoxy groups -OCH3 is 1. The van der Waals surface area contributed by atoms with Gasteiger partial charge in [0.1, 0.15) is 16.9 Å². The third-order valence-corrected chi connectivity index (χ3v) is 7.29. The summed E-state index contributed by atoms with van der Waals surface area (Å²) >= 11 is 7.65. The predicted molar refractivity (Wildman–Crippen MR) is 146 cm³/mol. The highest BCUT2D eigenvalue weighted by atomic mass is 35.5. The average Bonchev–Trinajstić information content (AvgIpc) is 3.37. The highest BCUT2D eigenvalue weighted by molar-refractivity contribution is 7.15. The number of nitrogens with zero attached hydrogens (tertiary/aromatic N) is 1. The minimum absolute atomic E-state index is 0.173. The smallest absolute Gasteiger partial charge is 0.412 e. The Balaban J connectivity index is 1.20. The summed E-state index contributed by atoms with van der Waals surface area (Å²) in [7, 11) is 1.45. The van der Waals surface area contributed by atoms with Gasteiger partial charge in [0.05, 0.1) is 23.4 Å². The predicted octanol–water partition coefficient (Wildman–Crippen LogP) is 5.93. The summed E-state index contributed by atoms with van der Waals surface area (Å²) in [4.78, 5) is 38.3. The summed E-state index contributed by atoms with van der Waals surface area (Å²) in [6, 6.07) is 14.9. The van der Waals surface area contributed by atoms with Crippen molar-refractivity contribution in [2.24, 2.45) is 0 Å². The van der Waals surface area contributed by atoms with E-state index in [4.69, 9.17) is 21.1 Å². The molecule has 194 valence electrons. The zero-order valence-corrected chi connectivity index (χ0v) is 21.9. The lowest BCUT2D eigenvalue weighted by molar-refractivity contribution is -0.116. The van der Waals surface area contributed by atoms with E-state index in [9.17, 15) is 14.4 Å². The minimum Gasteiger partial charge on any atom is -0.496 e. The molecule has 4 rings (SSSR count). The SMILES string of the molecule is COc1cc(NC(=O)CCN2CCC(OC(=O)Nc3sccc3-c3ccccc3)CC2)c(Cl)cc1C=O. The Morgan fingerprint density at radius 3 is 2.59 bits per heavy atom. The van der Waals surface area contributed by atoms with Gasteiger partial charge >= 0.3 is 6.09 Å². The van der Waals surface area contributed by atoms with Crippen molar-refractivity contribution in [3.05, 3.63) is 64.5 Å². The minimum atomic E-state index is -0.453. The maximum Gasteiger partial charge on any atom is 0.412 e. The fourth-order valence-corrected chi connectivity index (χ4v) is 5.20. The van der Waals surface area contributed by atoms with Crippen LogP contribution >= 0.6 is 22.9 Å². The number of hydrogen-bond donors (Lipinski definition) is 2. The van der Waals surface area contributed by atoms with Crippen LogP contribution in [0.5, 0.6) is 5.75 Å². The molecule has 0 radical (unpaired) electrons. The number of piperidine rings is 1. The first-order chi connectivity index (χ1) is 18.0. The van der Waals surface area contributed by atoms with Crippen LogP contribution in [0.4, 0.5) is 15.5 Å². The molecule has 2 aromatic carbocycles. The van der Waals surface area contributed by atoms with Gasteiger partial charge in [0.25, 0.3) is 0 Å². The number of aldehydes is 1. The normalized spacial score (nSPS) is 14.1. The number of carbonyl (C=O) groups is 3. The molecule has 10 heteroatoms. The number of rotatable bonds is 9. The standard InChI is InChI=1S/C27H28ClN3O5S/c1-35-24-16-23(22(28)15-19(24)17-32)29-25(33)9-13-31-11-7-20(8-12-31)36-27(34)30-26-21(10-14-37-26)18-5-3-2-4-6-18/h2-6,10,14-17,20H,7-9,11-13H2,1H3,(H,29,33)(H,30,34). The fraction of sp³-hybridized carbons (Fsp3) is 0.296. The second kappa shape index (κ2) is 12.7. The van der Waals surface area contributed by atoms with Crippen molar-refractivity contribution in [1.82, 2.24) is 4.90 Å². The zero-order chi connectivity index (χ0) is 26.2. The maximum absolute atomic E-state index is 12.5.